The molecule has 0 saturated carbocycles. The third-order valence-electron chi connectivity index (χ3n) is 4.69. The Morgan fingerprint density at radius 2 is 1.86 bits per heavy atom. The topological polar surface area (TPSA) is 100 Å². The Labute approximate surface area is 175 Å². The lowest BCUT2D eigenvalue weighted by Gasteiger charge is -2.30. The van der Waals surface area contributed by atoms with Crippen LogP contribution in [0, 0.1) is 0 Å². The van der Waals surface area contributed by atoms with Crippen molar-refractivity contribution in [2.75, 3.05) is 31.4 Å². The highest BCUT2D eigenvalue weighted by Gasteiger charge is 2.25. The standard InChI is InChI=1S/C19H21N5O3S.ClH/c1-24-12-11-20-13-17(24)18-21-19(27-22-18)14-7-9-15(10-8-14)23-28(25,26)16-5-3-2-4-6-16;/h2-10,17,20,23H,11-13H2,1H3;1H. The van der Waals surface area contributed by atoms with E-state index in [-0.39, 0.29) is 23.3 Å². The van der Waals surface area contributed by atoms with E-state index in [9.17, 15) is 8.42 Å². The van der Waals surface area contributed by atoms with Crippen LogP contribution >= 0.6 is 12.4 Å². The van der Waals surface area contributed by atoms with E-state index in [0.29, 0.717) is 17.4 Å². The fourth-order valence-electron chi connectivity index (χ4n) is 3.08. The number of hydrogen-bond acceptors (Lipinski definition) is 7. The van der Waals surface area contributed by atoms with Crippen LogP contribution in [0.2, 0.25) is 0 Å². The molecule has 0 amide bonds. The smallest absolute Gasteiger partial charge is 0.261 e. The predicted molar refractivity (Wildman–Crippen MR) is 112 cm³/mol. The second kappa shape index (κ2) is 8.91. The molecule has 0 bridgehead atoms. The van der Waals surface area contributed by atoms with Crippen LogP contribution in [0.5, 0.6) is 0 Å². The molecule has 2 aromatic carbocycles. The van der Waals surface area contributed by atoms with Crippen molar-refractivity contribution in [1.82, 2.24) is 20.4 Å². The van der Waals surface area contributed by atoms with Crippen molar-refractivity contribution >= 4 is 28.1 Å². The zero-order chi connectivity index (χ0) is 19.6. The van der Waals surface area contributed by atoms with Gasteiger partial charge in [-0.3, -0.25) is 9.62 Å². The van der Waals surface area contributed by atoms with Crippen LogP contribution in [0.15, 0.2) is 64.0 Å². The number of rotatable bonds is 5. The van der Waals surface area contributed by atoms with Crippen LogP contribution in [-0.2, 0) is 10.0 Å². The Morgan fingerprint density at radius 1 is 1.14 bits per heavy atom. The Bertz CT molecular complexity index is 1040. The molecule has 0 spiro atoms. The maximum atomic E-state index is 12.4. The van der Waals surface area contributed by atoms with Crippen molar-refractivity contribution < 1.29 is 12.9 Å². The zero-order valence-electron chi connectivity index (χ0n) is 15.8. The number of piperazine rings is 1. The van der Waals surface area contributed by atoms with E-state index in [4.69, 9.17) is 4.52 Å². The van der Waals surface area contributed by atoms with Crippen molar-refractivity contribution in [3.05, 3.63) is 60.4 Å². The van der Waals surface area contributed by atoms with Crippen LogP contribution in [0.1, 0.15) is 11.9 Å². The zero-order valence-corrected chi connectivity index (χ0v) is 17.4. The van der Waals surface area contributed by atoms with Crippen molar-refractivity contribution in [1.29, 1.82) is 0 Å². The summed E-state index contributed by atoms with van der Waals surface area (Å²) < 4.78 is 32.8. The highest BCUT2D eigenvalue weighted by atomic mass is 35.5. The van der Waals surface area contributed by atoms with Gasteiger partial charge in [-0.15, -0.1) is 12.4 Å². The molecular formula is C19H22ClN5O3S. The number of aromatic nitrogens is 2. The Hall–Kier alpha value is -2.46. The van der Waals surface area contributed by atoms with Crippen molar-refractivity contribution in [2.24, 2.45) is 0 Å². The first-order chi connectivity index (χ1) is 13.5. The van der Waals surface area contributed by atoms with E-state index in [0.717, 1.165) is 25.2 Å². The first-order valence-corrected chi connectivity index (χ1v) is 10.4. The van der Waals surface area contributed by atoms with Crippen molar-refractivity contribution in [3.8, 4) is 11.5 Å². The lowest BCUT2D eigenvalue weighted by atomic mass is 10.2. The molecule has 154 valence electrons. The average molecular weight is 436 g/mol. The largest absolute Gasteiger partial charge is 0.334 e. The van der Waals surface area contributed by atoms with E-state index in [1.165, 1.54) is 0 Å². The van der Waals surface area contributed by atoms with E-state index in [2.05, 4.69) is 25.1 Å². The molecular weight excluding hydrogens is 414 g/mol. The fraction of sp³-hybridized carbons (Fsp3) is 0.263. The van der Waals surface area contributed by atoms with Crippen LogP contribution in [0.3, 0.4) is 0 Å². The second-order valence-electron chi connectivity index (χ2n) is 6.65. The maximum Gasteiger partial charge on any atom is 0.261 e. The molecule has 0 radical (unpaired) electrons. The SMILES string of the molecule is CN1CCNCC1c1noc(-c2ccc(NS(=O)(=O)c3ccccc3)cc2)n1.Cl. The van der Waals surface area contributed by atoms with Gasteiger partial charge >= 0.3 is 0 Å². The van der Waals surface area contributed by atoms with Crippen LogP contribution < -0.4 is 10.0 Å². The number of benzene rings is 2. The lowest BCUT2D eigenvalue weighted by Crippen LogP contribution is -2.44. The summed E-state index contributed by atoms with van der Waals surface area (Å²) in [5.74, 6) is 1.05. The number of halogens is 1. The van der Waals surface area contributed by atoms with Crippen molar-refractivity contribution in [2.45, 2.75) is 10.9 Å². The normalized spacial score (nSPS) is 17.5. The number of nitrogens with zero attached hydrogens (tertiary/aromatic N) is 3. The van der Waals surface area contributed by atoms with E-state index >= 15 is 0 Å². The van der Waals surface area contributed by atoms with Gasteiger partial charge in [0.25, 0.3) is 15.9 Å². The molecule has 1 unspecified atom stereocenters. The van der Waals surface area contributed by atoms with E-state index in [1.807, 2.05) is 7.05 Å². The summed E-state index contributed by atoms with van der Waals surface area (Å²) in [7, 11) is -1.58. The minimum Gasteiger partial charge on any atom is -0.334 e. The third kappa shape index (κ3) is 4.76. The van der Waals surface area contributed by atoms with Gasteiger partial charge in [0, 0.05) is 30.9 Å². The molecule has 8 nitrogen and oxygen atoms in total. The molecule has 2 N–H and O–H groups in total. The van der Waals surface area contributed by atoms with Gasteiger partial charge in [0.1, 0.15) is 0 Å². The van der Waals surface area contributed by atoms with Crippen LogP contribution in [0.25, 0.3) is 11.5 Å². The molecule has 29 heavy (non-hydrogen) atoms. The first-order valence-electron chi connectivity index (χ1n) is 8.96. The van der Waals surface area contributed by atoms with Gasteiger partial charge in [-0.1, -0.05) is 23.4 Å². The minimum atomic E-state index is -3.62. The molecule has 1 fully saturated rings. The van der Waals surface area contributed by atoms with Gasteiger partial charge in [-0.25, -0.2) is 8.42 Å². The van der Waals surface area contributed by atoms with Gasteiger partial charge in [0.2, 0.25) is 0 Å². The van der Waals surface area contributed by atoms with Gasteiger partial charge in [0.15, 0.2) is 5.82 Å². The van der Waals surface area contributed by atoms with Crippen molar-refractivity contribution in [3.63, 3.8) is 0 Å². The molecule has 0 aliphatic carbocycles. The molecule has 1 atom stereocenters. The molecule has 1 aromatic heterocycles. The summed E-state index contributed by atoms with van der Waals surface area (Å²) in [6.07, 6.45) is 0. The fourth-order valence-corrected chi connectivity index (χ4v) is 4.16. The van der Waals surface area contributed by atoms with Crippen LogP contribution in [-0.4, -0.2) is 50.1 Å². The highest BCUT2D eigenvalue weighted by Crippen LogP contribution is 2.24. The van der Waals surface area contributed by atoms with E-state index in [1.54, 1.807) is 54.6 Å². The van der Waals surface area contributed by atoms with Gasteiger partial charge < -0.3 is 9.84 Å². The Kier molecular flexibility index (Phi) is 6.53. The number of likely N-dealkylation sites (N-methyl/N-ethyl adjacent to an activating group) is 1. The summed E-state index contributed by atoms with van der Waals surface area (Å²) in [5.41, 5.74) is 1.19. The summed E-state index contributed by atoms with van der Waals surface area (Å²) in [6, 6.07) is 15.2. The molecule has 10 heteroatoms. The second-order valence-corrected chi connectivity index (χ2v) is 8.34. The Morgan fingerprint density at radius 3 is 2.55 bits per heavy atom. The first kappa shape index (κ1) is 21.3. The summed E-state index contributed by atoms with van der Waals surface area (Å²) in [5, 5.41) is 7.44. The number of hydrogen-bond donors (Lipinski definition) is 2. The quantitative estimate of drug-likeness (QED) is 0.635. The molecule has 4 rings (SSSR count). The van der Waals surface area contributed by atoms with E-state index < -0.39 is 10.0 Å². The summed E-state index contributed by atoms with van der Waals surface area (Å²) in [6.45, 7) is 2.64. The summed E-state index contributed by atoms with van der Waals surface area (Å²) in [4.78, 5) is 6.91. The lowest BCUT2D eigenvalue weighted by molar-refractivity contribution is 0.190. The monoisotopic (exact) mass is 435 g/mol. The molecule has 1 aliphatic heterocycles. The van der Waals surface area contributed by atoms with Gasteiger partial charge in [-0.05, 0) is 43.4 Å². The summed E-state index contributed by atoms with van der Waals surface area (Å²) >= 11 is 0. The predicted octanol–water partition coefficient (Wildman–Crippen LogP) is 2.54. The van der Waals surface area contributed by atoms with Gasteiger partial charge in [-0.2, -0.15) is 4.98 Å². The number of nitrogens with one attached hydrogen (secondary N) is 2. The maximum absolute atomic E-state index is 12.4. The highest BCUT2D eigenvalue weighted by molar-refractivity contribution is 7.92. The molecule has 2 heterocycles. The number of anilines is 1. The van der Waals surface area contributed by atoms with Gasteiger partial charge in [0.05, 0.1) is 10.9 Å². The minimum absolute atomic E-state index is 0. The number of sulfonamides is 1. The van der Waals surface area contributed by atoms with Crippen LogP contribution in [0.4, 0.5) is 5.69 Å². The average Bonchev–Trinajstić information content (AvgIpc) is 3.19. The Balaban J connectivity index is 0.00000240. The third-order valence-corrected chi connectivity index (χ3v) is 6.09. The molecule has 3 aromatic rings. The molecule has 1 aliphatic rings. The molecule has 1 saturated heterocycles.